The Labute approximate surface area is 367 Å². The molecule has 302 valence electrons. The summed E-state index contributed by atoms with van der Waals surface area (Å²) in [5.74, 6) is 0. The van der Waals surface area contributed by atoms with Crippen molar-refractivity contribution in [3.8, 4) is 33.4 Å². The molecule has 2 aromatic heterocycles. The quantitative estimate of drug-likeness (QED) is 0.173. The largest absolute Gasteiger partial charge is 0.455 e. The van der Waals surface area contributed by atoms with E-state index < -0.39 is 0 Å². The van der Waals surface area contributed by atoms with E-state index in [9.17, 15) is 0 Å². The van der Waals surface area contributed by atoms with Crippen molar-refractivity contribution < 1.29 is 8.83 Å². The highest BCUT2D eigenvalue weighted by atomic mass is 16.3. The second kappa shape index (κ2) is 13.1. The molecule has 0 amide bonds. The first kappa shape index (κ1) is 36.3. The molecule has 0 aliphatic heterocycles. The van der Waals surface area contributed by atoms with Gasteiger partial charge >= 0.3 is 0 Å². The molecule has 2 heterocycles. The van der Waals surface area contributed by atoms with E-state index in [2.05, 4.69) is 202 Å². The number of fused-ring (bicyclic) bond motifs is 12. The van der Waals surface area contributed by atoms with E-state index in [1.165, 1.54) is 55.8 Å². The summed E-state index contributed by atoms with van der Waals surface area (Å²) in [6.07, 6.45) is 7.95. The van der Waals surface area contributed by atoms with Crippen LogP contribution in [0.15, 0.2) is 191 Å². The van der Waals surface area contributed by atoms with Gasteiger partial charge in [0.25, 0.3) is 0 Å². The molecule has 3 nitrogen and oxygen atoms in total. The summed E-state index contributed by atoms with van der Waals surface area (Å²) in [6.45, 7) is 9.59. The van der Waals surface area contributed by atoms with E-state index in [0.29, 0.717) is 0 Å². The van der Waals surface area contributed by atoms with Gasteiger partial charge in [-0.2, -0.15) is 0 Å². The molecule has 0 saturated heterocycles. The molecule has 0 saturated carbocycles. The Morgan fingerprint density at radius 3 is 1.75 bits per heavy atom. The minimum atomic E-state index is -0.182. The van der Waals surface area contributed by atoms with Crippen molar-refractivity contribution in [2.45, 2.75) is 51.0 Å². The molecule has 0 radical (unpaired) electrons. The molecule has 0 fully saturated rings. The fraction of sp³-hybridized carbons (Fsp3) is 0.133. The number of furan rings is 2. The number of hydrogen-bond donors (Lipinski definition) is 0. The molecular weight excluding hydrogens is 767 g/mol. The van der Waals surface area contributed by atoms with Gasteiger partial charge in [-0.25, -0.2) is 0 Å². The zero-order valence-corrected chi connectivity index (χ0v) is 35.9. The van der Waals surface area contributed by atoms with Gasteiger partial charge in [-0.15, -0.1) is 0 Å². The molecule has 8 aromatic carbocycles. The molecule has 3 aliphatic carbocycles. The average molecular weight is 812 g/mol. The van der Waals surface area contributed by atoms with Crippen LogP contribution in [0.25, 0.3) is 82.8 Å². The van der Waals surface area contributed by atoms with Crippen LogP contribution < -0.4 is 4.90 Å². The summed E-state index contributed by atoms with van der Waals surface area (Å²) in [4.78, 5) is 2.59. The normalized spacial score (nSPS) is 16.6. The van der Waals surface area contributed by atoms with Crippen molar-refractivity contribution in [1.29, 1.82) is 0 Å². The number of anilines is 2. The van der Waals surface area contributed by atoms with E-state index >= 15 is 0 Å². The fourth-order valence-corrected chi connectivity index (χ4v) is 11.4. The number of nitrogens with zero attached hydrogens (tertiary/aromatic N) is 1. The van der Waals surface area contributed by atoms with Gasteiger partial charge in [0.15, 0.2) is 0 Å². The topological polar surface area (TPSA) is 29.5 Å². The molecular formula is C60H45NO2. The first-order chi connectivity index (χ1) is 30.8. The first-order valence-corrected chi connectivity index (χ1v) is 22.3. The molecule has 3 heteroatoms. The molecule has 3 aliphatic rings. The molecule has 13 rings (SSSR count). The van der Waals surface area contributed by atoms with Crippen molar-refractivity contribution in [3.63, 3.8) is 0 Å². The molecule has 10 aromatic rings. The predicted octanol–water partition coefficient (Wildman–Crippen LogP) is 16.3. The third-order valence-electron chi connectivity index (χ3n) is 14.6. The number of allylic oxidation sites excluding steroid dienone is 2. The standard InChI is InChI=1S/C60H45NO2/c1-59(2)49-21-8-5-14-42(49)47-34-52-48(35-51(47)59)56-50(60(52,3)4)22-13-23-53(56)61(38-30-26-36(27-31-38)40-17-11-19-45-43-15-6-9-24-54(43)62-57(40)45)39-32-28-37(29-33-39)41-18-12-20-46-44-16-7-10-25-55(44)63-58(41)46/h5-32,34-35,39H,33H2,1-4H3. The molecule has 0 bridgehead atoms. The van der Waals surface area contributed by atoms with Crippen LogP contribution in [-0.4, -0.2) is 6.04 Å². The first-order valence-electron chi connectivity index (χ1n) is 22.3. The van der Waals surface area contributed by atoms with Gasteiger partial charge in [-0.05, 0) is 99.0 Å². The number of rotatable bonds is 5. The lowest BCUT2D eigenvalue weighted by molar-refractivity contribution is 0.652. The fourth-order valence-electron chi connectivity index (χ4n) is 11.4. The SMILES string of the molecule is CC1(C)c2ccccc2-c2cc3c(cc21)-c1c(N(c2ccc(-c4cccc5c4oc4ccccc45)cc2)C2C=CC(c4cccc5c4oc4ccccc45)=CC2)cccc1C3(C)C. The summed E-state index contributed by atoms with van der Waals surface area (Å²) in [5, 5.41) is 4.58. The summed E-state index contributed by atoms with van der Waals surface area (Å²) >= 11 is 0. The Morgan fingerprint density at radius 2 is 1.03 bits per heavy atom. The monoisotopic (exact) mass is 811 g/mol. The lowest BCUT2D eigenvalue weighted by Crippen LogP contribution is -2.30. The van der Waals surface area contributed by atoms with E-state index in [-0.39, 0.29) is 16.9 Å². The van der Waals surface area contributed by atoms with E-state index in [0.717, 1.165) is 72.7 Å². The molecule has 1 unspecified atom stereocenters. The van der Waals surface area contributed by atoms with Gasteiger partial charge in [0, 0.05) is 60.4 Å². The summed E-state index contributed by atoms with van der Waals surface area (Å²) < 4.78 is 13.0. The minimum Gasteiger partial charge on any atom is -0.455 e. The molecule has 63 heavy (non-hydrogen) atoms. The van der Waals surface area contributed by atoms with Crippen LogP contribution in [0.1, 0.15) is 61.9 Å². The smallest absolute Gasteiger partial charge is 0.143 e. The second-order valence-electron chi connectivity index (χ2n) is 18.7. The predicted molar refractivity (Wildman–Crippen MR) is 262 cm³/mol. The number of benzene rings is 8. The Bertz CT molecular complexity index is 3610. The average Bonchev–Trinajstić information content (AvgIpc) is 4.02. The number of hydrogen-bond acceptors (Lipinski definition) is 3. The van der Waals surface area contributed by atoms with E-state index in [1.807, 2.05) is 12.1 Å². The van der Waals surface area contributed by atoms with E-state index in [4.69, 9.17) is 8.83 Å². The van der Waals surface area contributed by atoms with Crippen LogP contribution in [0.5, 0.6) is 0 Å². The Hall–Kier alpha value is -7.36. The Morgan fingerprint density at radius 1 is 0.476 bits per heavy atom. The maximum absolute atomic E-state index is 6.52. The summed E-state index contributed by atoms with van der Waals surface area (Å²) in [6, 6.07) is 59.9. The lowest BCUT2D eigenvalue weighted by atomic mass is 9.79. The van der Waals surface area contributed by atoms with Crippen LogP contribution in [0.2, 0.25) is 0 Å². The van der Waals surface area contributed by atoms with Crippen molar-refractivity contribution in [2.75, 3.05) is 4.90 Å². The van der Waals surface area contributed by atoms with Crippen molar-refractivity contribution in [2.24, 2.45) is 0 Å². The second-order valence-corrected chi connectivity index (χ2v) is 18.7. The summed E-state index contributed by atoms with van der Waals surface area (Å²) in [5.41, 5.74) is 21.3. The highest BCUT2D eigenvalue weighted by Gasteiger charge is 2.43. The van der Waals surface area contributed by atoms with Gasteiger partial charge in [-0.3, -0.25) is 0 Å². The van der Waals surface area contributed by atoms with Gasteiger partial charge < -0.3 is 13.7 Å². The zero-order valence-electron chi connectivity index (χ0n) is 35.9. The maximum atomic E-state index is 6.52. The van der Waals surface area contributed by atoms with E-state index in [1.54, 1.807) is 0 Å². The summed E-state index contributed by atoms with van der Waals surface area (Å²) in [7, 11) is 0. The van der Waals surface area contributed by atoms with Gasteiger partial charge in [0.2, 0.25) is 0 Å². The highest BCUT2D eigenvalue weighted by Crippen LogP contribution is 2.58. The highest BCUT2D eigenvalue weighted by molar-refractivity contribution is 6.10. The van der Waals surface area contributed by atoms with Crippen molar-refractivity contribution >= 4 is 60.8 Å². The van der Waals surface area contributed by atoms with Gasteiger partial charge in [0.1, 0.15) is 22.3 Å². The van der Waals surface area contributed by atoms with Crippen LogP contribution in [0.3, 0.4) is 0 Å². The molecule has 0 N–H and O–H groups in total. The zero-order chi connectivity index (χ0) is 42.2. The third kappa shape index (κ3) is 5.14. The lowest BCUT2D eigenvalue weighted by Gasteiger charge is -2.35. The third-order valence-corrected chi connectivity index (χ3v) is 14.6. The van der Waals surface area contributed by atoms with Crippen LogP contribution in [0.4, 0.5) is 11.4 Å². The molecule has 1 atom stereocenters. The Balaban J connectivity index is 0.962. The Kier molecular flexibility index (Phi) is 7.54. The molecule has 0 spiro atoms. The van der Waals surface area contributed by atoms with Gasteiger partial charge in [-0.1, -0.05) is 167 Å². The van der Waals surface area contributed by atoms with Crippen LogP contribution in [-0.2, 0) is 10.8 Å². The number of para-hydroxylation sites is 4. The van der Waals surface area contributed by atoms with Crippen molar-refractivity contribution in [3.05, 3.63) is 210 Å². The van der Waals surface area contributed by atoms with Gasteiger partial charge in [0.05, 0.1) is 6.04 Å². The maximum Gasteiger partial charge on any atom is 0.143 e. The minimum absolute atomic E-state index is 0.0575. The van der Waals surface area contributed by atoms with Crippen LogP contribution >= 0.6 is 0 Å². The van der Waals surface area contributed by atoms with Crippen molar-refractivity contribution in [1.82, 2.24) is 0 Å². The van der Waals surface area contributed by atoms with Crippen LogP contribution in [0, 0.1) is 0 Å².